The predicted octanol–water partition coefficient (Wildman–Crippen LogP) is 6.62. The number of hydrogen-bond donors (Lipinski definition) is 1. The third kappa shape index (κ3) is 8.41. The first-order chi connectivity index (χ1) is 14.1. The summed E-state index contributed by atoms with van der Waals surface area (Å²) in [6.07, 6.45) is 8.91. The lowest BCUT2D eigenvalue weighted by Gasteiger charge is -2.07. The molecular weight excluding hydrogens is 384 g/mol. The molecule has 0 saturated carbocycles. The smallest absolute Gasteiger partial charge is 0.266 e. The highest BCUT2D eigenvalue weighted by Crippen LogP contribution is 2.18. The number of rotatable bonds is 11. The second-order valence-corrected chi connectivity index (χ2v) is 7.26. The van der Waals surface area contributed by atoms with Gasteiger partial charge in [0.25, 0.3) is 5.91 Å². The molecule has 0 heterocycles. The van der Waals surface area contributed by atoms with E-state index in [1.54, 1.807) is 30.3 Å². The van der Waals surface area contributed by atoms with E-state index in [-0.39, 0.29) is 5.57 Å². The molecular formula is C24H27ClN2O2. The summed E-state index contributed by atoms with van der Waals surface area (Å²) in [4.78, 5) is 12.3. The SMILES string of the molecule is CCCCCCCCOc1ccc(C=C(C#N)C(=O)Nc2cccc(Cl)c2)cc1. The van der Waals surface area contributed by atoms with Gasteiger partial charge in [-0.3, -0.25) is 4.79 Å². The van der Waals surface area contributed by atoms with Gasteiger partial charge in [-0.2, -0.15) is 5.26 Å². The van der Waals surface area contributed by atoms with Crippen LogP contribution < -0.4 is 10.1 Å². The summed E-state index contributed by atoms with van der Waals surface area (Å²) in [5, 5.41) is 12.5. The van der Waals surface area contributed by atoms with Crippen molar-refractivity contribution in [2.45, 2.75) is 45.4 Å². The van der Waals surface area contributed by atoms with Crippen LogP contribution in [0.2, 0.25) is 5.02 Å². The first-order valence-corrected chi connectivity index (χ1v) is 10.4. The van der Waals surface area contributed by atoms with Crippen molar-refractivity contribution in [3.63, 3.8) is 0 Å². The van der Waals surface area contributed by atoms with Gasteiger partial charge in [0.1, 0.15) is 17.4 Å². The van der Waals surface area contributed by atoms with Crippen molar-refractivity contribution in [3.8, 4) is 11.8 Å². The summed E-state index contributed by atoms with van der Waals surface area (Å²) < 4.78 is 5.76. The zero-order valence-electron chi connectivity index (χ0n) is 16.8. The minimum atomic E-state index is -0.474. The van der Waals surface area contributed by atoms with Gasteiger partial charge in [-0.05, 0) is 48.4 Å². The number of halogens is 1. The zero-order chi connectivity index (χ0) is 20.9. The van der Waals surface area contributed by atoms with Crippen molar-refractivity contribution >= 4 is 29.3 Å². The number of ether oxygens (including phenoxy) is 1. The molecule has 0 spiro atoms. The van der Waals surface area contributed by atoms with Gasteiger partial charge >= 0.3 is 0 Å². The molecule has 5 heteroatoms. The van der Waals surface area contributed by atoms with Gasteiger partial charge in [0, 0.05) is 10.7 Å². The lowest BCUT2D eigenvalue weighted by Crippen LogP contribution is -2.13. The summed E-state index contributed by atoms with van der Waals surface area (Å²) in [5.74, 6) is 0.316. The van der Waals surface area contributed by atoms with Gasteiger partial charge in [0.05, 0.1) is 6.61 Å². The summed E-state index contributed by atoms with van der Waals surface area (Å²) in [6, 6.07) is 16.1. The quantitative estimate of drug-likeness (QED) is 0.257. The normalized spacial score (nSPS) is 11.0. The molecule has 0 bridgehead atoms. The Kier molecular flexibility index (Phi) is 9.82. The van der Waals surface area contributed by atoms with Crippen LogP contribution in [0.5, 0.6) is 5.75 Å². The van der Waals surface area contributed by atoms with Crippen LogP contribution in [0, 0.1) is 11.3 Å². The lowest BCUT2D eigenvalue weighted by molar-refractivity contribution is -0.112. The molecule has 0 aliphatic carbocycles. The van der Waals surface area contributed by atoms with E-state index in [2.05, 4.69) is 12.2 Å². The van der Waals surface area contributed by atoms with Crippen molar-refractivity contribution in [2.75, 3.05) is 11.9 Å². The summed E-state index contributed by atoms with van der Waals surface area (Å²) >= 11 is 5.92. The van der Waals surface area contributed by atoms with E-state index >= 15 is 0 Å². The first kappa shape index (κ1) is 22.5. The number of carbonyl (C=O) groups excluding carboxylic acids is 1. The fourth-order valence-corrected chi connectivity index (χ4v) is 3.00. The molecule has 1 N–H and O–H groups in total. The summed E-state index contributed by atoms with van der Waals surface area (Å²) in [7, 11) is 0. The van der Waals surface area contributed by atoms with Crippen molar-refractivity contribution in [2.24, 2.45) is 0 Å². The number of carbonyl (C=O) groups is 1. The van der Waals surface area contributed by atoms with E-state index in [4.69, 9.17) is 16.3 Å². The maximum Gasteiger partial charge on any atom is 0.266 e. The van der Waals surface area contributed by atoms with E-state index in [1.807, 2.05) is 30.3 Å². The summed E-state index contributed by atoms with van der Waals surface area (Å²) in [5.41, 5.74) is 1.32. The topological polar surface area (TPSA) is 62.1 Å². The molecule has 0 aliphatic heterocycles. The van der Waals surface area contributed by atoms with Crippen molar-refractivity contribution in [1.82, 2.24) is 0 Å². The van der Waals surface area contributed by atoms with Crippen molar-refractivity contribution in [1.29, 1.82) is 5.26 Å². The van der Waals surface area contributed by atoms with Crippen LogP contribution in [0.1, 0.15) is 51.0 Å². The molecule has 0 aromatic heterocycles. The van der Waals surface area contributed by atoms with Crippen LogP contribution >= 0.6 is 11.6 Å². The molecule has 4 nitrogen and oxygen atoms in total. The number of anilines is 1. The highest BCUT2D eigenvalue weighted by atomic mass is 35.5. The monoisotopic (exact) mass is 410 g/mol. The Morgan fingerprint density at radius 2 is 1.83 bits per heavy atom. The fourth-order valence-electron chi connectivity index (χ4n) is 2.81. The van der Waals surface area contributed by atoms with E-state index in [0.29, 0.717) is 17.3 Å². The number of nitrogens with zero attached hydrogens (tertiary/aromatic N) is 1. The number of unbranched alkanes of at least 4 members (excludes halogenated alkanes) is 5. The lowest BCUT2D eigenvalue weighted by atomic mass is 10.1. The molecule has 0 fully saturated rings. The van der Waals surface area contributed by atoms with Crippen LogP contribution in [0.15, 0.2) is 54.1 Å². The third-order valence-electron chi connectivity index (χ3n) is 4.41. The molecule has 1 amide bonds. The first-order valence-electron chi connectivity index (χ1n) is 10.0. The van der Waals surface area contributed by atoms with E-state index in [9.17, 15) is 10.1 Å². The molecule has 0 aliphatic rings. The summed E-state index contributed by atoms with van der Waals surface area (Å²) in [6.45, 7) is 2.92. The Hall–Kier alpha value is -2.77. The Bertz CT molecular complexity index is 854. The van der Waals surface area contributed by atoms with Crippen LogP contribution in [0.25, 0.3) is 6.08 Å². The maximum absolute atomic E-state index is 12.3. The largest absolute Gasteiger partial charge is 0.494 e. The molecule has 0 unspecified atom stereocenters. The van der Waals surface area contributed by atoms with Gasteiger partial charge in [-0.25, -0.2) is 0 Å². The third-order valence-corrected chi connectivity index (χ3v) is 4.64. The predicted molar refractivity (Wildman–Crippen MR) is 119 cm³/mol. The number of amides is 1. The Balaban J connectivity index is 1.86. The van der Waals surface area contributed by atoms with Gasteiger partial charge in [-0.1, -0.05) is 68.8 Å². The highest BCUT2D eigenvalue weighted by Gasteiger charge is 2.10. The van der Waals surface area contributed by atoms with Crippen LogP contribution in [-0.2, 0) is 4.79 Å². The number of hydrogen-bond acceptors (Lipinski definition) is 3. The number of benzene rings is 2. The van der Waals surface area contributed by atoms with Crippen LogP contribution in [-0.4, -0.2) is 12.5 Å². The van der Waals surface area contributed by atoms with Gasteiger partial charge in [0.15, 0.2) is 0 Å². The second kappa shape index (κ2) is 12.6. The molecule has 0 radical (unpaired) electrons. The highest BCUT2D eigenvalue weighted by molar-refractivity contribution is 6.31. The molecule has 0 atom stereocenters. The zero-order valence-corrected chi connectivity index (χ0v) is 17.5. The second-order valence-electron chi connectivity index (χ2n) is 6.82. The standard InChI is InChI=1S/C24H27ClN2O2/c1-2-3-4-5-6-7-15-29-23-13-11-19(12-14-23)16-20(18-26)24(28)27-22-10-8-9-21(25)17-22/h8-14,16-17H,2-7,15H2,1H3,(H,27,28). The van der Waals surface area contributed by atoms with E-state index < -0.39 is 5.91 Å². The van der Waals surface area contributed by atoms with Crippen molar-refractivity contribution < 1.29 is 9.53 Å². The van der Waals surface area contributed by atoms with Gasteiger partial charge in [-0.15, -0.1) is 0 Å². The number of nitrogens with one attached hydrogen (secondary N) is 1. The Morgan fingerprint density at radius 1 is 1.10 bits per heavy atom. The molecule has 2 rings (SSSR count). The van der Waals surface area contributed by atoms with E-state index in [1.165, 1.54) is 32.1 Å². The molecule has 29 heavy (non-hydrogen) atoms. The average molecular weight is 411 g/mol. The number of nitriles is 1. The maximum atomic E-state index is 12.3. The Labute approximate surface area is 178 Å². The minimum absolute atomic E-state index is 0.0192. The molecule has 152 valence electrons. The average Bonchev–Trinajstić information content (AvgIpc) is 2.72. The van der Waals surface area contributed by atoms with Crippen molar-refractivity contribution in [3.05, 3.63) is 64.7 Å². The minimum Gasteiger partial charge on any atom is -0.494 e. The molecule has 0 saturated heterocycles. The van der Waals surface area contributed by atoms with Crippen LogP contribution in [0.3, 0.4) is 0 Å². The Morgan fingerprint density at radius 3 is 2.52 bits per heavy atom. The molecule has 2 aromatic rings. The van der Waals surface area contributed by atoms with Gasteiger partial charge < -0.3 is 10.1 Å². The molecule has 2 aromatic carbocycles. The fraction of sp³-hybridized carbons (Fsp3) is 0.333. The van der Waals surface area contributed by atoms with E-state index in [0.717, 1.165) is 17.7 Å². The van der Waals surface area contributed by atoms with Gasteiger partial charge in [0.2, 0.25) is 0 Å². The van der Waals surface area contributed by atoms with Crippen LogP contribution in [0.4, 0.5) is 5.69 Å².